The van der Waals surface area contributed by atoms with Gasteiger partial charge in [0.15, 0.2) is 29.3 Å². The third-order valence-corrected chi connectivity index (χ3v) is 13.6. The highest BCUT2D eigenvalue weighted by molar-refractivity contribution is 5.94. The lowest BCUT2D eigenvalue weighted by atomic mass is 9.44. The number of ether oxygens (including phenoxy) is 5. The molecule has 2 unspecified atom stereocenters. The minimum atomic E-state index is -2.39. The molecule has 5 aliphatic rings. The second-order valence-electron chi connectivity index (χ2n) is 17.6. The van der Waals surface area contributed by atoms with Gasteiger partial charge in [0, 0.05) is 25.2 Å². The summed E-state index contributed by atoms with van der Waals surface area (Å²) in [4.78, 5) is 70.3. The number of aliphatic hydroxyl groups excluding tert-OH is 4. The number of hydrogen-bond acceptors (Lipinski definition) is 15. The minimum Gasteiger partial charge on any atom is -0.456 e. The second kappa shape index (κ2) is 14.5. The molecule has 5 N–H and O–H groups in total. The Balaban J connectivity index is 1.37. The predicted molar refractivity (Wildman–Crippen MR) is 203 cm³/mol. The van der Waals surface area contributed by atoms with Gasteiger partial charge in [-0.1, -0.05) is 62.4 Å². The molecule has 16 nitrogen and oxygen atoms in total. The van der Waals surface area contributed by atoms with Gasteiger partial charge < -0.3 is 49.2 Å². The summed E-state index contributed by atoms with van der Waals surface area (Å²) in [7, 11) is 0. The van der Waals surface area contributed by atoms with Crippen LogP contribution in [0.5, 0.6) is 0 Å². The van der Waals surface area contributed by atoms with Crippen LogP contribution in [0.15, 0.2) is 71.8 Å². The fourth-order valence-corrected chi connectivity index (χ4v) is 10.3. The Bertz CT molecular complexity index is 2070. The van der Waals surface area contributed by atoms with Crippen molar-refractivity contribution in [3.05, 3.63) is 82.9 Å². The van der Waals surface area contributed by atoms with Gasteiger partial charge in [0.1, 0.15) is 30.0 Å². The first-order valence-electron chi connectivity index (χ1n) is 19.6. The summed E-state index contributed by atoms with van der Waals surface area (Å²) in [5, 5.41) is 60.5. The first-order chi connectivity index (χ1) is 27.5. The SMILES string of the molecule is CC(=O)O[C@@]12CO[C@@H]1C[C@H](O)[C@@]1(C)C(=O)[C@H](O)C3=C(C)[C@@H](OC(=O)[C@H](O)[C@H](c4ccccc4)N4C(=O)OC(C)(C)C4O)CC(O)([C@@H](OC(=O)c4ccccc4)[C@H]21)C3(C)C. The molecule has 2 heterocycles. The van der Waals surface area contributed by atoms with Crippen LogP contribution in [0.2, 0.25) is 0 Å². The number of carbonyl (C=O) groups is 5. The number of hydrogen-bond donors (Lipinski definition) is 5. The van der Waals surface area contributed by atoms with Crippen LogP contribution in [0.25, 0.3) is 0 Å². The number of aliphatic hydroxyl groups is 5. The summed E-state index contributed by atoms with van der Waals surface area (Å²) in [6, 6.07) is 14.2. The zero-order valence-corrected chi connectivity index (χ0v) is 33.9. The van der Waals surface area contributed by atoms with Crippen LogP contribution in [0.3, 0.4) is 0 Å². The smallest absolute Gasteiger partial charge is 0.413 e. The maximum absolute atomic E-state index is 15.0. The maximum atomic E-state index is 15.0. The number of cyclic esters (lactones) is 1. The van der Waals surface area contributed by atoms with Gasteiger partial charge in [0.05, 0.1) is 35.6 Å². The molecule has 0 spiro atoms. The lowest BCUT2D eigenvalue weighted by Gasteiger charge is -2.67. The highest BCUT2D eigenvalue weighted by Gasteiger charge is 2.78. The highest BCUT2D eigenvalue weighted by Crippen LogP contribution is 2.64. The predicted octanol–water partition coefficient (Wildman–Crippen LogP) is 2.28. The van der Waals surface area contributed by atoms with Crippen LogP contribution >= 0.6 is 0 Å². The molecule has 318 valence electrons. The van der Waals surface area contributed by atoms with E-state index >= 15 is 0 Å². The van der Waals surface area contributed by atoms with Crippen molar-refractivity contribution in [3.8, 4) is 0 Å². The summed E-state index contributed by atoms with van der Waals surface area (Å²) in [5.41, 5.74) is -8.93. The van der Waals surface area contributed by atoms with Gasteiger partial charge in [-0.3, -0.25) is 14.5 Å². The molecule has 2 aromatic carbocycles. The summed E-state index contributed by atoms with van der Waals surface area (Å²) in [6.07, 6.45) is -13.5. The molecular formula is C43H51NO15. The Morgan fingerprint density at radius 3 is 2.07 bits per heavy atom. The van der Waals surface area contributed by atoms with Crippen molar-refractivity contribution >= 4 is 29.8 Å². The zero-order chi connectivity index (χ0) is 43.2. The van der Waals surface area contributed by atoms with Crippen LogP contribution in [0.1, 0.15) is 83.3 Å². The molecule has 2 bridgehead atoms. The molecule has 3 aliphatic carbocycles. The van der Waals surface area contributed by atoms with E-state index in [4.69, 9.17) is 23.7 Å². The van der Waals surface area contributed by atoms with Crippen LogP contribution in [-0.2, 0) is 38.1 Å². The van der Waals surface area contributed by atoms with Crippen molar-refractivity contribution in [3.63, 3.8) is 0 Å². The molecule has 4 fully saturated rings. The maximum Gasteiger partial charge on any atom is 0.413 e. The summed E-state index contributed by atoms with van der Waals surface area (Å²) in [6.45, 7) is 9.67. The third-order valence-electron chi connectivity index (χ3n) is 13.6. The number of benzene rings is 2. The number of ketones is 1. The van der Waals surface area contributed by atoms with Crippen molar-refractivity contribution in [2.45, 2.75) is 127 Å². The lowest BCUT2D eigenvalue weighted by Crippen LogP contribution is -2.81. The quantitative estimate of drug-likeness (QED) is 0.146. The Labute approximate surface area is 340 Å². The first kappa shape index (κ1) is 42.4. The molecule has 7 rings (SSSR count). The topological polar surface area (TPSA) is 236 Å². The lowest BCUT2D eigenvalue weighted by molar-refractivity contribution is -0.346. The third kappa shape index (κ3) is 6.29. The van der Waals surface area contributed by atoms with E-state index in [1.54, 1.807) is 36.4 Å². The number of amides is 1. The number of fused-ring (bicyclic) bond motifs is 5. The zero-order valence-electron chi connectivity index (χ0n) is 33.9. The molecule has 0 radical (unpaired) electrons. The molecule has 2 aromatic rings. The summed E-state index contributed by atoms with van der Waals surface area (Å²) in [5.74, 6) is -5.51. The van der Waals surface area contributed by atoms with Crippen molar-refractivity contribution < 1.29 is 73.2 Å². The standard InChI is InChI=1S/C43H51NO15/c1-21-25(56-36(51)31(48)29(23-14-10-8-11-15-23)44-37(52)40(5,6)59-38(44)53)19-43(54)34(57-35(50)24-16-12-9-13-17-24)32-41(7,33(49)30(47)28(21)39(43,3)4)26(46)18-27-42(32,20-55-27)58-22(2)45/h8-17,25-27,29-32,34,37,46-48,52,54H,18-20H2,1-7H3/t25-,26-,27+,29-,30+,31+,32-,34-,37?,41+,42-,43?/m0/s1. The van der Waals surface area contributed by atoms with E-state index in [9.17, 15) is 49.5 Å². The molecule has 12 atom stereocenters. The van der Waals surface area contributed by atoms with E-state index in [-0.39, 0.29) is 35.3 Å². The van der Waals surface area contributed by atoms with Crippen molar-refractivity contribution in [2.24, 2.45) is 16.7 Å². The largest absolute Gasteiger partial charge is 0.456 e. The normalized spacial score (nSPS) is 36.7. The molecular weight excluding hydrogens is 770 g/mol. The van der Waals surface area contributed by atoms with Gasteiger partial charge in [-0.25, -0.2) is 14.4 Å². The van der Waals surface area contributed by atoms with Gasteiger partial charge in [-0.15, -0.1) is 0 Å². The molecule has 2 saturated heterocycles. The highest BCUT2D eigenvalue weighted by atomic mass is 16.6. The van der Waals surface area contributed by atoms with Gasteiger partial charge >= 0.3 is 24.0 Å². The van der Waals surface area contributed by atoms with Crippen molar-refractivity contribution in [1.82, 2.24) is 4.90 Å². The van der Waals surface area contributed by atoms with Crippen molar-refractivity contribution in [1.29, 1.82) is 0 Å². The van der Waals surface area contributed by atoms with Crippen LogP contribution in [0, 0.1) is 16.7 Å². The van der Waals surface area contributed by atoms with Crippen molar-refractivity contribution in [2.75, 3.05) is 6.61 Å². The van der Waals surface area contributed by atoms with Crippen LogP contribution in [0.4, 0.5) is 4.79 Å². The van der Waals surface area contributed by atoms with Gasteiger partial charge in [0.2, 0.25) is 0 Å². The molecule has 2 aliphatic heterocycles. The van der Waals surface area contributed by atoms with E-state index in [0.29, 0.717) is 0 Å². The monoisotopic (exact) mass is 821 g/mol. The average molecular weight is 822 g/mol. The number of Topliss-reactive ketones (excluding diaryl/α,β-unsaturated/α-hetero) is 1. The average Bonchev–Trinajstić information content (AvgIpc) is 3.38. The van der Waals surface area contributed by atoms with Gasteiger partial charge in [-0.05, 0) is 56.5 Å². The Kier molecular flexibility index (Phi) is 10.4. The molecule has 16 heteroatoms. The molecule has 59 heavy (non-hydrogen) atoms. The number of esters is 3. The molecule has 2 saturated carbocycles. The minimum absolute atomic E-state index is 0.0648. The molecule has 0 aromatic heterocycles. The van der Waals surface area contributed by atoms with Gasteiger partial charge in [-0.2, -0.15) is 0 Å². The van der Waals surface area contributed by atoms with E-state index in [2.05, 4.69) is 0 Å². The fraction of sp³-hybridized carbons (Fsp3) is 0.558. The summed E-state index contributed by atoms with van der Waals surface area (Å²) < 4.78 is 29.5. The fourth-order valence-electron chi connectivity index (χ4n) is 10.3. The number of rotatable bonds is 8. The second-order valence-corrected chi connectivity index (χ2v) is 17.6. The van der Waals surface area contributed by atoms with Gasteiger partial charge in [0.25, 0.3) is 0 Å². The number of nitrogens with zero attached hydrogens (tertiary/aromatic N) is 1. The van der Waals surface area contributed by atoms with E-state index in [1.807, 2.05) is 0 Å². The van der Waals surface area contributed by atoms with E-state index in [0.717, 1.165) is 11.8 Å². The Morgan fingerprint density at radius 1 is 0.915 bits per heavy atom. The van der Waals surface area contributed by atoms with Crippen LogP contribution in [-0.4, -0.2) is 126 Å². The molecule has 1 amide bonds. The first-order valence-corrected chi connectivity index (χ1v) is 19.6. The Hall–Kier alpha value is -4.71. The summed E-state index contributed by atoms with van der Waals surface area (Å²) >= 11 is 0. The van der Waals surface area contributed by atoms with Crippen LogP contribution < -0.4 is 0 Å². The van der Waals surface area contributed by atoms with E-state index < -0.39 is 119 Å². The number of carbonyl (C=O) groups excluding carboxylic acids is 5. The van der Waals surface area contributed by atoms with E-state index in [1.165, 1.54) is 65.8 Å². The Morgan fingerprint density at radius 2 is 1.53 bits per heavy atom.